The predicted octanol–water partition coefficient (Wildman–Crippen LogP) is 2.94. The lowest BCUT2D eigenvalue weighted by Crippen LogP contribution is -2.56. The Hall–Kier alpha value is -2.82. The maximum Gasteiger partial charge on any atom is 0.268 e. The molecule has 2 aromatic rings. The van der Waals surface area contributed by atoms with Gasteiger partial charge < -0.3 is 10.1 Å². The van der Waals surface area contributed by atoms with Crippen molar-refractivity contribution in [2.45, 2.75) is 43.2 Å². The van der Waals surface area contributed by atoms with Crippen LogP contribution in [0.2, 0.25) is 0 Å². The van der Waals surface area contributed by atoms with Crippen LogP contribution in [0.1, 0.15) is 40.0 Å². The fourth-order valence-electron chi connectivity index (χ4n) is 6.30. The number of aromatic nitrogens is 1. The zero-order chi connectivity index (χ0) is 25.0. The van der Waals surface area contributed by atoms with E-state index in [9.17, 15) is 18.0 Å². The van der Waals surface area contributed by atoms with Gasteiger partial charge in [0.05, 0.1) is 33.8 Å². The minimum Gasteiger partial charge on any atom is -0.384 e. The van der Waals surface area contributed by atoms with E-state index >= 15 is 0 Å². The number of halogens is 1. The monoisotopic (exact) mass is 567 g/mol. The lowest BCUT2D eigenvalue weighted by Gasteiger charge is -2.51. The second-order valence-electron chi connectivity index (χ2n) is 10.1. The topological polar surface area (TPSA) is 107 Å². The fourth-order valence-corrected chi connectivity index (χ4v) is 8.25. The summed E-state index contributed by atoms with van der Waals surface area (Å²) >= 11 is 3.44. The molecule has 36 heavy (non-hydrogen) atoms. The summed E-state index contributed by atoms with van der Waals surface area (Å²) in [5, 5.41) is 3.46. The number of carbonyl (C=O) groups excluding carboxylic acids is 2. The SMILES string of the molecule is Cc1ccc(S(=O)(=O)n2cc3c4c2C(=O)C2=N[C@@H]5CO[C@H]6CC(=O)C(Br)=C[C@@]6(C5)C2=C4NCC3)cc1. The Balaban J connectivity index is 1.52. The Morgan fingerprint density at radius 2 is 2.00 bits per heavy atom. The number of nitrogens with zero attached hydrogens (tertiary/aromatic N) is 2. The van der Waals surface area contributed by atoms with Crippen molar-refractivity contribution >= 4 is 48.9 Å². The van der Waals surface area contributed by atoms with Crippen molar-refractivity contribution in [3.8, 4) is 0 Å². The van der Waals surface area contributed by atoms with Crippen LogP contribution in [0.4, 0.5) is 0 Å². The van der Waals surface area contributed by atoms with Gasteiger partial charge in [0.2, 0.25) is 5.78 Å². The molecular weight excluding hydrogens is 546 g/mol. The minimum absolute atomic E-state index is 0.0331. The Kier molecular flexibility index (Phi) is 4.58. The summed E-state index contributed by atoms with van der Waals surface area (Å²) in [6.07, 6.45) is 4.50. The number of aliphatic imine (C=N–C) groups is 1. The standard InChI is InChI=1S/C26H22BrN3O5S/c1-13-2-4-16(5-3-13)36(33,34)30-11-14-6-7-28-22-20(14)24(30)25(32)23-21(22)26-9-15(29-23)12-35-19(26)8-18(31)17(27)10-26/h2-5,10-11,15,19,28H,6-9,12H2,1H3/t15-,19-,26+/m0/s1. The van der Waals surface area contributed by atoms with Crippen molar-refractivity contribution in [2.75, 3.05) is 13.2 Å². The highest BCUT2D eigenvalue weighted by Gasteiger charge is 2.57. The van der Waals surface area contributed by atoms with Gasteiger partial charge in [0.25, 0.3) is 10.0 Å². The zero-order valence-electron chi connectivity index (χ0n) is 19.4. The molecule has 5 aliphatic rings. The average molecular weight is 568 g/mol. The van der Waals surface area contributed by atoms with Crippen LogP contribution in [0.3, 0.4) is 0 Å². The van der Waals surface area contributed by atoms with Crippen LogP contribution in [0.25, 0.3) is 5.70 Å². The second-order valence-corrected chi connectivity index (χ2v) is 12.7. The van der Waals surface area contributed by atoms with Crippen molar-refractivity contribution in [1.82, 2.24) is 9.29 Å². The highest BCUT2D eigenvalue weighted by molar-refractivity contribution is 9.12. The Morgan fingerprint density at radius 1 is 1.22 bits per heavy atom. The van der Waals surface area contributed by atoms with Gasteiger partial charge in [-0.25, -0.2) is 12.4 Å². The Bertz CT molecular complexity index is 1600. The Labute approximate surface area is 216 Å². The number of carbonyl (C=O) groups is 2. The molecule has 184 valence electrons. The van der Waals surface area contributed by atoms with Crippen molar-refractivity contribution in [1.29, 1.82) is 0 Å². The maximum atomic E-state index is 14.1. The van der Waals surface area contributed by atoms with E-state index in [2.05, 4.69) is 21.2 Å². The van der Waals surface area contributed by atoms with Crippen LogP contribution in [0, 0.1) is 12.3 Å². The smallest absolute Gasteiger partial charge is 0.268 e. The highest BCUT2D eigenvalue weighted by atomic mass is 79.9. The number of ketones is 2. The molecule has 0 amide bonds. The number of rotatable bonds is 2. The van der Waals surface area contributed by atoms with E-state index in [1.54, 1.807) is 30.5 Å². The molecule has 1 saturated heterocycles. The number of fused-ring (bicyclic) bond motifs is 2. The maximum absolute atomic E-state index is 14.1. The van der Waals surface area contributed by atoms with Gasteiger partial charge in [0, 0.05) is 35.7 Å². The molecule has 2 bridgehead atoms. The van der Waals surface area contributed by atoms with Crippen molar-refractivity contribution < 1.29 is 22.7 Å². The van der Waals surface area contributed by atoms with Gasteiger partial charge >= 0.3 is 0 Å². The van der Waals surface area contributed by atoms with Gasteiger partial charge in [-0.3, -0.25) is 14.6 Å². The minimum atomic E-state index is -4.01. The summed E-state index contributed by atoms with van der Waals surface area (Å²) in [7, 11) is -4.01. The van der Waals surface area contributed by atoms with E-state index < -0.39 is 27.3 Å². The first-order chi connectivity index (χ1) is 17.2. The van der Waals surface area contributed by atoms with E-state index in [4.69, 9.17) is 9.73 Å². The summed E-state index contributed by atoms with van der Waals surface area (Å²) in [4.78, 5) is 31.6. The molecule has 1 spiro atoms. The van der Waals surface area contributed by atoms with Crippen LogP contribution >= 0.6 is 15.9 Å². The molecule has 1 aromatic heterocycles. The van der Waals surface area contributed by atoms with Crippen LogP contribution in [-0.2, 0) is 26.0 Å². The predicted molar refractivity (Wildman–Crippen MR) is 136 cm³/mol. The molecule has 2 aliphatic carbocycles. The fraction of sp³-hybridized carbons (Fsp3) is 0.346. The van der Waals surface area contributed by atoms with E-state index in [1.165, 1.54) is 0 Å². The van der Waals surface area contributed by atoms with Crippen molar-refractivity contribution in [3.05, 3.63) is 69.0 Å². The third-order valence-corrected chi connectivity index (χ3v) is 10.3. The average Bonchev–Trinajstić information content (AvgIpc) is 3.25. The number of benzene rings is 1. The molecule has 3 aliphatic heterocycles. The van der Waals surface area contributed by atoms with Gasteiger partial charge in [-0.1, -0.05) is 23.8 Å². The summed E-state index contributed by atoms with van der Waals surface area (Å²) in [6.45, 7) is 2.80. The molecule has 0 unspecified atom stereocenters. The van der Waals surface area contributed by atoms with E-state index in [-0.39, 0.29) is 34.5 Å². The van der Waals surface area contributed by atoms with Crippen LogP contribution in [0.5, 0.6) is 0 Å². The number of ether oxygens (including phenoxy) is 1. The first-order valence-electron chi connectivity index (χ1n) is 11.9. The normalized spacial score (nSPS) is 28.5. The molecule has 8 nitrogen and oxygen atoms in total. The first-order valence-corrected chi connectivity index (χ1v) is 14.2. The number of nitrogens with one attached hydrogen (secondary N) is 1. The molecule has 3 atom stereocenters. The molecule has 4 heterocycles. The summed E-state index contributed by atoms with van der Waals surface area (Å²) in [5.74, 6) is -0.435. The van der Waals surface area contributed by atoms with Gasteiger partial charge in [-0.15, -0.1) is 0 Å². The molecule has 1 N–H and O–H groups in total. The van der Waals surface area contributed by atoms with E-state index in [0.717, 1.165) is 26.4 Å². The molecule has 1 aromatic carbocycles. The number of hydrogen-bond acceptors (Lipinski definition) is 7. The summed E-state index contributed by atoms with van der Waals surface area (Å²) in [6, 6.07) is 6.36. The van der Waals surface area contributed by atoms with Crippen molar-refractivity contribution in [3.63, 3.8) is 0 Å². The number of aryl methyl sites for hydroxylation is 1. The van der Waals surface area contributed by atoms with E-state index in [0.29, 0.717) is 36.0 Å². The van der Waals surface area contributed by atoms with Gasteiger partial charge in [0.1, 0.15) is 11.4 Å². The molecule has 1 fully saturated rings. The van der Waals surface area contributed by atoms with E-state index in [1.807, 2.05) is 13.0 Å². The quantitative estimate of drug-likeness (QED) is 0.598. The third-order valence-electron chi connectivity index (χ3n) is 7.93. The molecule has 0 radical (unpaired) electrons. The van der Waals surface area contributed by atoms with Gasteiger partial charge in [-0.2, -0.15) is 0 Å². The van der Waals surface area contributed by atoms with Crippen LogP contribution in [0.15, 0.2) is 56.5 Å². The first kappa shape index (κ1) is 22.4. The summed E-state index contributed by atoms with van der Waals surface area (Å²) < 4.78 is 35.2. The van der Waals surface area contributed by atoms with Crippen LogP contribution in [-0.4, -0.2) is 55.0 Å². The number of Topliss-reactive ketones (excluding diaryl/α,β-unsaturated/α-hetero) is 2. The van der Waals surface area contributed by atoms with Crippen LogP contribution < -0.4 is 5.32 Å². The lowest BCUT2D eigenvalue weighted by molar-refractivity contribution is -0.124. The zero-order valence-corrected chi connectivity index (χ0v) is 21.8. The summed E-state index contributed by atoms with van der Waals surface area (Å²) in [5.41, 5.74) is 3.51. The second kappa shape index (κ2) is 7.36. The van der Waals surface area contributed by atoms with Gasteiger partial charge in [0.15, 0.2) is 5.78 Å². The lowest BCUT2D eigenvalue weighted by atomic mass is 9.60. The Morgan fingerprint density at radius 3 is 2.78 bits per heavy atom. The van der Waals surface area contributed by atoms with Gasteiger partial charge in [-0.05, 0) is 53.4 Å². The largest absolute Gasteiger partial charge is 0.384 e. The number of hydrogen-bond donors (Lipinski definition) is 1. The molecule has 0 saturated carbocycles. The highest BCUT2D eigenvalue weighted by Crippen LogP contribution is 2.55. The third kappa shape index (κ3) is 2.83. The van der Waals surface area contributed by atoms with Crippen molar-refractivity contribution in [2.24, 2.45) is 10.4 Å². The molecule has 7 rings (SSSR count). The number of allylic oxidation sites excluding steroid dienone is 1. The molecule has 10 heteroatoms. The molecular formula is C26H22BrN3O5S.